The summed E-state index contributed by atoms with van der Waals surface area (Å²) in [5.41, 5.74) is 2.64. The van der Waals surface area contributed by atoms with E-state index in [1.165, 1.54) is 11.0 Å². The monoisotopic (exact) mass is 401 g/mol. The molecular formula is C19H16ClN3OS2. The highest BCUT2D eigenvalue weighted by Crippen LogP contribution is 2.37. The van der Waals surface area contributed by atoms with E-state index in [2.05, 4.69) is 16.7 Å². The van der Waals surface area contributed by atoms with Gasteiger partial charge in [-0.25, -0.2) is 0 Å². The van der Waals surface area contributed by atoms with Crippen molar-refractivity contribution >= 4 is 57.3 Å². The first-order chi connectivity index (χ1) is 12.6. The number of rotatable bonds is 3. The smallest absolute Gasteiger partial charge is 0.250 e. The summed E-state index contributed by atoms with van der Waals surface area (Å²) in [5.74, 6) is -0.336. The van der Waals surface area contributed by atoms with Crippen LogP contribution in [0.15, 0.2) is 30.3 Å². The molecule has 26 heavy (non-hydrogen) atoms. The molecule has 1 aliphatic rings. The standard InChI is InChI=1S/C19H16ClN3OS2/c20-13-8-5-12(6-9-13)7-10-17(24)22-19(25)23-18-15(11-21)14-3-1-2-4-16(14)26-18/h5-10H,1-4H2,(H2,22,23,24,25)/b10-7+. The highest BCUT2D eigenvalue weighted by molar-refractivity contribution is 7.80. The predicted molar refractivity (Wildman–Crippen MR) is 111 cm³/mol. The number of hydrogen-bond acceptors (Lipinski definition) is 4. The summed E-state index contributed by atoms with van der Waals surface area (Å²) in [4.78, 5) is 13.3. The molecule has 0 saturated carbocycles. The average Bonchev–Trinajstić information content (AvgIpc) is 2.97. The van der Waals surface area contributed by atoms with E-state index in [9.17, 15) is 10.1 Å². The number of fused-ring (bicyclic) bond motifs is 1. The van der Waals surface area contributed by atoms with Gasteiger partial charge in [0.05, 0.1) is 5.56 Å². The van der Waals surface area contributed by atoms with Gasteiger partial charge in [0.15, 0.2) is 5.11 Å². The molecule has 3 rings (SSSR count). The van der Waals surface area contributed by atoms with E-state index in [1.807, 2.05) is 12.1 Å². The maximum absolute atomic E-state index is 12.0. The zero-order valence-corrected chi connectivity index (χ0v) is 16.2. The summed E-state index contributed by atoms with van der Waals surface area (Å²) in [6.07, 6.45) is 7.27. The van der Waals surface area contributed by atoms with Gasteiger partial charge < -0.3 is 5.32 Å². The topological polar surface area (TPSA) is 64.9 Å². The SMILES string of the molecule is N#Cc1c(NC(=S)NC(=O)/C=C/c2ccc(Cl)cc2)sc2c1CCCC2. The van der Waals surface area contributed by atoms with E-state index in [4.69, 9.17) is 23.8 Å². The number of carbonyl (C=O) groups excluding carboxylic acids is 1. The molecule has 0 unspecified atom stereocenters. The number of aryl methyl sites for hydroxylation is 1. The van der Waals surface area contributed by atoms with Crippen LogP contribution in [0.2, 0.25) is 5.02 Å². The minimum absolute atomic E-state index is 0.186. The second kappa shape index (κ2) is 8.45. The molecule has 1 heterocycles. The fraction of sp³-hybridized carbons (Fsp3) is 0.211. The predicted octanol–water partition coefficient (Wildman–Crippen LogP) is 4.68. The minimum Gasteiger partial charge on any atom is -0.323 e. The second-order valence-electron chi connectivity index (χ2n) is 5.86. The fourth-order valence-electron chi connectivity index (χ4n) is 2.81. The van der Waals surface area contributed by atoms with Crippen molar-refractivity contribution in [3.05, 3.63) is 56.9 Å². The fourth-order valence-corrected chi connectivity index (χ4v) is 4.44. The number of halogens is 1. The van der Waals surface area contributed by atoms with Gasteiger partial charge in [0.2, 0.25) is 5.91 Å². The first-order valence-electron chi connectivity index (χ1n) is 8.17. The molecule has 1 aliphatic carbocycles. The molecule has 0 radical (unpaired) electrons. The van der Waals surface area contributed by atoms with Crippen molar-refractivity contribution in [2.45, 2.75) is 25.7 Å². The lowest BCUT2D eigenvalue weighted by atomic mass is 9.96. The number of thiophene rings is 1. The van der Waals surface area contributed by atoms with Gasteiger partial charge in [0.25, 0.3) is 0 Å². The lowest BCUT2D eigenvalue weighted by Crippen LogP contribution is -2.32. The quantitative estimate of drug-likeness (QED) is 0.579. The third kappa shape index (κ3) is 4.50. The summed E-state index contributed by atoms with van der Waals surface area (Å²) >= 11 is 12.6. The highest BCUT2D eigenvalue weighted by atomic mass is 35.5. The van der Waals surface area contributed by atoms with Crippen molar-refractivity contribution in [2.75, 3.05) is 5.32 Å². The maximum atomic E-state index is 12.0. The summed E-state index contributed by atoms with van der Waals surface area (Å²) in [6.45, 7) is 0. The molecule has 1 aromatic heterocycles. The third-order valence-electron chi connectivity index (χ3n) is 4.04. The first-order valence-corrected chi connectivity index (χ1v) is 9.77. The van der Waals surface area contributed by atoms with Gasteiger partial charge in [-0.3, -0.25) is 10.1 Å². The highest BCUT2D eigenvalue weighted by Gasteiger charge is 2.21. The van der Waals surface area contributed by atoms with E-state index >= 15 is 0 Å². The zero-order valence-electron chi connectivity index (χ0n) is 13.8. The second-order valence-corrected chi connectivity index (χ2v) is 7.80. The number of anilines is 1. The molecule has 0 bridgehead atoms. The van der Waals surface area contributed by atoms with E-state index in [-0.39, 0.29) is 11.0 Å². The van der Waals surface area contributed by atoms with Crippen LogP contribution in [-0.4, -0.2) is 11.0 Å². The van der Waals surface area contributed by atoms with E-state index in [0.717, 1.165) is 36.8 Å². The number of carbonyl (C=O) groups is 1. The number of nitriles is 1. The minimum atomic E-state index is -0.336. The Hall–Kier alpha value is -2.20. The molecule has 7 heteroatoms. The number of nitrogens with zero attached hydrogens (tertiary/aromatic N) is 1. The summed E-state index contributed by atoms with van der Waals surface area (Å²) in [5, 5.41) is 16.6. The van der Waals surface area contributed by atoms with Gasteiger partial charge in [0, 0.05) is 16.0 Å². The van der Waals surface area contributed by atoms with E-state index in [1.54, 1.807) is 29.5 Å². The van der Waals surface area contributed by atoms with Crippen molar-refractivity contribution in [1.29, 1.82) is 5.26 Å². The van der Waals surface area contributed by atoms with Crippen molar-refractivity contribution in [1.82, 2.24) is 5.32 Å². The van der Waals surface area contributed by atoms with E-state index in [0.29, 0.717) is 15.6 Å². The molecule has 1 amide bonds. The molecule has 0 fully saturated rings. The van der Waals surface area contributed by atoms with Gasteiger partial charge in [-0.2, -0.15) is 5.26 Å². The number of hydrogen-bond donors (Lipinski definition) is 2. The zero-order chi connectivity index (χ0) is 18.5. The molecule has 0 spiro atoms. The lowest BCUT2D eigenvalue weighted by molar-refractivity contribution is -0.115. The first kappa shape index (κ1) is 18.6. The normalized spacial score (nSPS) is 13.1. The number of benzene rings is 1. The molecule has 0 atom stereocenters. The van der Waals surface area contributed by atoms with Crippen molar-refractivity contribution < 1.29 is 4.79 Å². The summed E-state index contributed by atoms with van der Waals surface area (Å²) in [6, 6.07) is 9.41. The van der Waals surface area contributed by atoms with Gasteiger partial charge >= 0.3 is 0 Å². The van der Waals surface area contributed by atoms with Crippen LogP contribution in [0.25, 0.3) is 6.08 Å². The average molecular weight is 402 g/mol. The number of amides is 1. The Morgan fingerprint density at radius 1 is 1.27 bits per heavy atom. The number of nitrogens with one attached hydrogen (secondary N) is 2. The molecular weight excluding hydrogens is 386 g/mol. The summed E-state index contributed by atoms with van der Waals surface area (Å²) < 4.78 is 0. The van der Waals surface area contributed by atoms with Gasteiger partial charge in [-0.05, 0) is 67.2 Å². The van der Waals surface area contributed by atoms with Gasteiger partial charge in [0.1, 0.15) is 11.1 Å². The Bertz CT molecular complexity index is 910. The van der Waals surface area contributed by atoms with Crippen LogP contribution in [0.1, 0.15) is 34.4 Å². The van der Waals surface area contributed by atoms with Crippen molar-refractivity contribution in [2.24, 2.45) is 0 Å². The molecule has 2 aromatic rings. The van der Waals surface area contributed by atoms with Crippen LogP contribution < -0.4 is 10.6 Å². The molecule has 4 nitrogen and oxygen atoms in total. The van der Waals surface area contributed by atoms with Crippen molar-refractivity contribution in [3.63, 3.8) is 0 Å². The van der Waals surface area contributed by atoms with Crippen LogP contribution in [-0.2, 0) is 17.6 Å². The Kier molecular flexibility index (Phi) is 6.04. The lowest BCUT2D eigenvalue weighted by Gasteiger charge is -2.09. The molecule has 2 N–H and O–H groups in total. The number of thiocarbonyl (C=S) groups is 1. The largest absolute Gasteiger partial charge is 0.323 e. The van der Waals surface area contributed by atoms with Crippen molar-refractivity contribution in [3.8, 4) is 6.07 Å². The molecule has 0 saturated heterocycles. The maximum Gasteiger partial charge on any atom is 0.250 e. The molecule has 132 valence electrons. The van der Waals surface area contributed by atoms with Crippen LogP contribution in [0, 0.1) is 11.3 Å². The van der Waals surface area contributed by atoms with Gasteiger partial charge in [-0.15, -0.1) is 11.3 Å². The van der Waals surface area contributed by atoms with E-state index < -0.39 is 0 Å². The molecule has 1 aromatic carbocycles. The van der Waals surface area contributed by atoms with Crippen LogP contribution in [0.5, 0.6) is 0 Å². The molecule has 0 aliphatic heterocycles. The third-order valence-corrected chi connectivity index (χ3v) is 5.71. The Labute approximate surface area is 166 Å². The van der Waals surface area contributed by atoms with Gasteiger partial charge in [-0.1, -0.05) is 23.7 Å². The van der Waals surface area contributed by atoms with Crippen LogP contribution >= 0.6 is 35.2 Å². The van der Waals surface area contributed by atoms with Crippen LogP contribution in [0.4, 0.5) is 5.00 Å². The Balaban J connectivity index is 1.62. The Morgan fingerprint density at radius 3 is 2.73 bits per heavy atom. The van der Waals surface area contributed by atoms with Crippen LogP contribution in [0.3, 0.4) is 0 Å². The summed E-state index contributed by atoms with van der Waals surface area (Å²) in [7, 11) is 0. The Morgan fingerprint density at radius 2 is 2.00 bits per heavy atom.